The molecule has 0 saturated carbocycles. The van der Waals surface area contributed by atoms with Crippen LogP contribution in [0.4, 0.5) is 17.1 Å². The minimum atomic E-state index is -0.802. The standard InChI is InChI=1S/C50H52N3O.Pt/c1-47(2,3)37-24-25-44-45(32-37)52(10)34-53(44)42-29-40(49(7,8)9)28-41(30-42)50(35-18-13-11-14-19-35,36-20-15-12-16-21-36)39-22-17-23-43(31-39)54-46-33-38(26-27-51-46)48(4,5)6;/h11-29,32-34H,1-10H3;/q-3;. The zero-order valence-electron chi connectivity index (χ0n) is 33.8. The average Bonchev–Trinajstić information content (AvgIpc) is 3.47. The number of rotatable bonds is 7. The molecule has 0 saturated heterocycles. The van der Waals surface area contributed by atoms with E-state index in [0.717, 1.165) is 39.2 Å². The van der Waals surface area contributed by atoms with Crippen LogP contribution < -0.4 is 14.5 Å². The predicted octanol–water partition coefficient (Wildman–Crippen LogP) is 12.5. The molecule has 0 fully saturated rings. The summed E-state index contributed by atoms with van der Waals surface area (Å²) in [7, 11) is 2.13. The third kappa shape index (κ3) is 7.90. The van der Waals surface area contributed by atoms with Gasteiger partial charge in [-0.2, -0.15) is 36.5 Å². The van der Waals surface area contributed by atoms with Crippen LogP contribution in [0.1, 0.15) is 101 Å². The van der Waals surface area contributed by atoms with Crippen LogP contribution in [0.25, 0.3) is 0 Å². The van der Waals surface area contributed by atoms with Crippen molar-refractivity contribution in [3.8, 4) is 11.6 Å². The van der Waals surface area contributed by atoms with Gasteiger partial charge in [-0.15, -0.1) is 35.0 Å². The first kappa shape index (κ1) is 40.0. The van der Waals surface area contributed by atoms with Gasteiger partial charge >= 0.3 is 0 Å². The molecule has 0 unspecified atom stereocenters. The molecular weight excluding hydrogens is 854 g/mol. The number of aromatic nitrogens is 1. The van der Waals surface area contributed by atoms with Crippen LogP contribution in [0.5, 0.6) is 11.6 Å². The maximum atomic E-state index is 6.53. The Morgan fingerprint density at radius 2 is 1.15 bits per heavy atom. The molecule has 5 heteroatoms. The molecule has 0 amide bonds. The minimum Gasteiger partial charge on any atom is -0.504 e. The van der Waals surface area contributed by atoms with Crippen molar-refractivity contribution in [2.45, 2.75) is 84.0 Å². The normalized spacial score (nSPS) is 13.3. The van der Waals surface area contributed by atoms with Gasteiger partial charge in [-0.3, -0.25) is 0 Å². The van der Waals surface area contributed by atoms with Crippen LogP contribution in [0.3, 0.4) is 0 Å². The second-order valence-corrected chi connectivity index (χ2v) is 17.6. The van der Waals surface area contributed by atoms with Crippen LogP contribution in [-0.4, -0.2) is 12.0 Å². The second-order valence-electron chi connectivity index (χ2n) is 17.6. The van der Waals surface area contributed by atoms with E-state index in [1.54, 1.807) is 0 Å². The number of anilines is 3. The van der Waals surface area contributed by atoms with Crippen LogP contribution in [0, 0.1) is 18.8 Å². The number of ether oxygens (including phenoxy) is 1. The second kappa shape index (κ2) is 15.1. The monoisotopic (exact) mass is 905 g/mol. The summed E-state index contributed by atoms with van der Waals surface area (Å²) >= 11 is 0. The Labute approximate surface area is 343 Å². The Balaban J connectivity index is 0.00000514. The van der Waals surface area contributed by atoms with Crippen molar-refractivity contribution < 1.29 is 25.8 Å². The molecule has 1 aliphatic heterocycles. The Morgan fingerprint density at radius 3 is 1.75 bits per heavy atom. The average molecular weight is 906 g/mol. The number of hydrogen-bond donors (Lipinski definition) is 0. The molecule has 4 nitrogen and oxygen atoms in total. The van der Waals surface area contributed by atoms with Crippen molar-refractivity contribution in [2.24, 2.45) is 0 Å². The van der Waals surface area contributed by atoms with Crippen molar-refractivity contribution in [2.75, 3.05) is 16.8 Å². The number of fused-ring (bicyclic) bond motifs is 1. The van der Waals surface area contributed by atoms with E-state index < -0.39 is 5.41 Å². The largest absolute Gasteiger partial charge is 0.504 e. The summed E-state index contributed by atoms with van der Waals surface area (Å²) in [4.78, 5) is 9.10. The Kier molecular flexibility index (Phi) is 11.0. The van der Waals surface area contributed by atoms with Gasteiger partial charge in [0.15, 0.2) is 0 Å². The van der Waals surface area contributed by atoms with Crippen molar-refractivity contribution in [1.29, 1.82) is 0 Å². The van der Waals surface area contributed by atoms with Gasteiger partial charge in [-0.05, 0) is 63.7 Å². The molecule has 0 radical (unpaired) electrons. The van der Waals surface area contributed by atoms with E-state index in [1.165, 1.54) is 16.8 Å². The molecule has 55 heavy (non-hydrogen) atoms. The molecule has 7 rings (SSSR count). The van der Waals surface area contributed by atoms with Gasteiger partial charge in [0, 0.05) is 55.9 Å². The zero-order valence-corrected chi connectivity index (χ0v) is 36.0. The third-order valence-corrected chi connectivity index (χ3v) is 10.6. The van der Waals surface area contributed by atoms with Crippen LogP contribution in [-0.2, 0) is 42.7 Å². The van der Waals surface area contributed by atoms with E-state index in [1.807, 2.05) is 18.3 Å². The summed E-state index contributed by atoms with van der Waals surface area (Å²) in [5, 5.41) is 0. The molecule has 6 aromatic rings. The zero-order chi connectivity index (χ0) is 38.5. The summed E-state index contributed by atoms with van der Waals surface area (Å²) in [5.74, 6) is 1.15. The molecule has 0 spiro atoms. The number of benzene rings is 5. The number of nitrogens with zero attached hydrogens (tertiary/aromatic N) is 3. The SMILES string of the molecule is CN1[CH-]N(c2[c-]c(C(c3[c-]c(Oc4cc(C(C)(C)C)ccn4)ccc3)(c3ccccc3)c3ccccc3)cc(C(C)(C)C)c2)c2ccc(C(C)(C)C)cc21.[Pt]. The van der Waals surface area contributed by atoms with Crippen molar-refractivity contribution in [3.63, 3.8) is 0 Å². The Hall–Kier alpha value is -4.66. The molecule has 2 heterocycles. The van der Waals surface area contributed by atoms with Crippen molar-refractivity contribution in [1.82, 2.24) is 4.98 Å². The van der Waals surface area contributed by atoms with Gasteiger partial charge in [0.05, 0.1) is 0 Å². The summed E-state index contributed by atoms with van der Waals surface area (Å²) in [6, 6.07) is 51.1. The molecule has 286 valence electrons. The van der Waals surface area contributed by atoms with Gasteiger partial charge in [-0.25, -0.2) is 4.98 Å². The molecule has 0 atom stereocenters. The van der Waals surface area contributed by atoms with Crippen molar-refractivity contribution in [3.05, 3.63) is 185 Å². The summed E-state index contributed by atoms with van der Waals surface area (Å²) in [6.07, 6.45) is 1.82. The van der Waals surface area contributed by atoms with Gasteiger partial charge in [0.1, 0.15) is 0 Å². The quantitative estimate of drug-likeness (QED) is 0.118. The molecule has 1 aliphatic rings. The molecule has 1 aromatic heterocycles. The van der Waals surface area contributed by atoms with E-state index in [-0.39, 0.29) is 37.3 Å². The molecule has 0 N–H and O–H groups in total. The third-order valence-electron chi connectivity index (χ3n) is 10.6. The fourth-order valence-corrected chi connectivity index (χ4v) is 7.37. The molecular formula is C50H52N3OPt-3. The fraction of sp³-hybridized carbons (Fsp3) is 0.280. The van der Waals surface area contributed by atoms with Crippen LogP contribution >= 0.6 is 0 Å². The van der Waals surface area contributed by atoms with E-state index >= 15 is 0 Å². The van der Waals surface area contributed by atoms with Crippen LogP contribution in [0.15, 0.2) is 128 Å². The van der Waals surface area contributed by atoms with E-state index in [2.05, 4.69) is 212 Å². The van der Waals surface area contributed by atoms with Gasteiger partial charge in [0.2, 0.25) is 5.88 Å². The van der Waals surface area contributed by atoms with Gasteiger partial charge < -0.3 is 14.5 Å². The first-order valence-electron chi connectivity index (χ1n) is 18.9. The Morgan fingerprint density at radius 1 is 0.545 bits per heavy atom. The number of pyridine rings is 1. The topological polar surface area (TPSA) is 28.6 Å². The van der Waals surface area contributed by atoms with E-state index in [4.69, 9.17) is 4.74 Å². The first-order valence-corrected chi connectivity index (χ1v) is 18.9. The summed E-state index contributed by atoms with van der Waals surface area (Å²) < 4.78 is 6.53. The molecule has 0 bridgehead atoms. The summed E-state index contributed by atoms with van der Waals surface area (Å²) in [5.41, 5.74) is 10.2. The first-order chi connectivity index (χ1) is 25.5. The predicted molar refractivity (Wildman–Crippen MR) is 224 cm³/mol. The van der Waals surface area contributed by atoms with Crippen LogP contribution in [0.2, 0.25) is 0 Å². The van der Waals surface area contributed by atoms with E-state index in [9.17, 15) is 0 Å². The maximum absolute atomic E-state index is 6.53. The van der Waals surface area contributed by atoms with Crippen molar-refractivity contribution >= 4 is 17.1 Å². The Bertz CT molecular complexity index is 2220. The minimum absolute atomic E-state index is 0. The smallest absolute Gasteiger partial charge is 0.216 e. The molecule has 0 aliphatic carbocycles. The maximum Gasteiger partial charge on any atom is 0.216 e. The number of hydrogen-bond acceptors (Lipinski definition) is 4. The van der Waals surface area contributed by atoms with E-state index in [0.29, 0.717) is 11.6 Å². The van der Waals surface area contributed by atoms with Gasteiger partial charge in [0.25, 0.3) is 0 Å². The summed E-state index contributed by atoms with van der Waals surface area (Å²) in [6.45, 7) is 22.4. The fourth-order valence-electron chi connectivity index (χ4n) is 7.37. The van der Waals surface area contributed by atoms with Gasteiger partial charge in [-0.1, -0.05) is 129 Å². The molecule has 5 aromatic carbocycles.